The molecule has 1 aromatic carbocycles. The Morgan fingerprint density at radius 3 is 3.00 bits per heavy atom. The highest BCUT2D eigenvalue weighted by atomic mass is 16.3. The van der Waals surface area contributed by atoms with Crippen LogP contribution in [0.1, 0.15) is 30.9 Å². The van der Waals surface area contributed by atoms with Gasteiger partial charge in [0.15, 0.2) is 0 Å². The SMILES string of the molecule is OC(c1ccc2ncccc2c1)C1CC=CCC1. The Kier molecular flexibility index (Phi) is 3.11. The lowest BCUT2D eigenvalue weighted by Crippen LogP contribution is -2.13. The van der Waals surface area contributed by atoms with Crippen molar-refractivity contribution in [2.75, 3.05) is 0 Å². The molecule has 1 heterocycles. The molecule has 1 aromatic heterocycles. The molecule has 0 bridgehead atoms. The second kappa shape index (κ2) is 4.91. The minimum atomic E-state index is -0.362. The van der Waals surface area contributed by atoms with Gasteiger partial charge in [-0.25, -0.2) is 0 Å². The van der Waals surface area contributed by atoms with Crippen molar-refractivity contribution in [3.05, 3.63) is 54.2 Å². The van der Waals surface area contributed by atoms with Crippen molar-refractivity contribution in [1.29, 1.82) is 0 Å². The molecule has 1 aliphatic carbocycles. The molecule has 18 heavy (non-hydrogen) atoms. The summed E-state index contributed by atoms with van der Waals surface area (Å²) in [6, 6.07) is 10.0. The molecule has 0 saturated heterocycles. The van der Waals surface area contributed by atoms with E-state index in [0.717, 1.165) is 35.7 Å². The van der Waals surface area contributed by atoms with E-state index in [2.05, 4.69) is 23.2 Å². The smallest absolute Gasteiger partial charge is 0.0821 e. The molecular weight excluding hydrogens is 222 g/mol. The molecule has 2 atom stereocenters. The quantitative estimate of drug-likeness (QED) is 0.812. The van der Waals surface area contributed by atoms with E-state index in [0.29, 0.717) is 5.92 Å². The summed E-state index contributed by atoms with van der Waals surface area (Å²) in [6.07, 6.45) is 8.95. The summed E-state index contributed by atoms with van der Waals surface area (Å²) < 4.78 is 0. The van der Waals surface area contributed by atoms with Gasteiger partial charge in [0.25, 0.3) is 0 Å². The Balaban J connectivity index is 1.91. The molecule has 2 heteroatoms. The predicted molar refractivity (Wildman–Crippen MR) is 73.2 cm³/mol. The number of hydrogen-bond acceptors (Lipinski definition) is 2. The van der Waals surface area contributed by atoms with E-state index in [4.69, 9.17) is 0 Å². The van der Waals surface area contributed by atoms with Gasteiger partial charge in [-0.05, 0) is 48.9 Å². The Morgan fingerprint density at radius 2 is 2.17 bits per heavy atom. The van der Waals surface area contributed by atoms with Gasteiger partial charge in [-0.2, -0.15) is 0 Å². The summed E-state index contributed by atoms with van der Waals surface area (Å²) in [7, 11) is 0. The maximum atomic E-state index is 10.5. The first-order valence-electron chi connectivity index (χ1n) is 6.52. The van der Waals surface area contributed by atoms with E-state index in [1.54, 1.807) is 6.20 Å². The van der Waals surface area contributed by atoms with E-state index in [1.165, 1.54) is 0 Å². The van der Waals surface area contributed by atoms with Crippen LogP contribution in [0.5, 0.6) is 0 Å². The van der Waals surface area contributed by atoms with Crippen LogP contribution in [0.3, 0.4) is 0 Å². The molecule has 0 amide bonds. The normalized spacial score (nSPS) is 21.1. The van der Waals surface area contributed by atoms with Crippen LogP contribution in [0.15, 0.2) is 48.7 Å². The van der Waals surface area contributed by atoms with Gasteiger partial charge in [-0.1, -0.05) is 24.3 Å². The molecule has 0 aliphatic heterocycles. The fourth-order valence-electron chi connectivity index (χ4n) is 2.65. The van der Waals surface area contributed by atoms with Crippen molar-refractivity contribution in [1.82, 2.24) is 4.98 Å². The minimum absolute atomic E-state index is 0.351. The number of aliphatic hydroxyl groups excluding tert-OH is 1. The second-order valence-corrected chi connectivity index (χ2v) is 4.94. The van der Waals surface area contributed by atoms with E-state index in [1.807, 2.05) is 24.3 Å². The van der Waals surface area contributed by atoms with E-state index in [-0.39, 0.29) is 6.10 Å². The molecule has 1 aliphatic rings. The molecule has 0 saturated carbocycles. The zero-order chi connectivity index (χ0) is 12.4. The summed E-state index contributed by atoms with van der Waals surface area (Å²) in [4.78, 5) is 4.30. The molecule has 0 spiro atoms. The van der Waals surface area contributed by atoms with Crippen LogP contribution < -0.4 is 0 Å². The number of aromatic nitrogens is 1. The molecule has 2 aromatic rings. The van der Waals surface area contributed by atoms with Crippen molar-refractivity contribution in [3.8, 4) is 0 Å². The summed E-state index contributed by atoms with van der Waals surface area (Å²) >= 11 is 0. The topological polar surface area (TPSA) is 33.1 Å². The Hall–Kier alpha value is -1.67. The van der Waals surface area contributed by atoms with Gasteiger partial charge in [-0.3, -0.25) is 4.98 Å². The number of allylic oxidation sites excluding steroid dienone is 2. The molecule has 0 fully saturated rings. The summed E-state index contributed by atoms with van der Waals surface area (Å²) in [6.45, 7) is 0. The van der Waals surface area contributed by atoms with Crippen LogP contribution in [0.4, 0.5) is 0 Å². The maximum Gasteiger partial charge on any atom is 0.0821 e. The third kappa shape index (κ3) is 2.16. The molecule has 2 unspecified atom stereocenters. The largest absolute Gasteiger partial charge is 0.388 e. The monoisotopic (exact) mass is 239 g/mol. The standard InChI is InChI=1S/C16H17NO/c18-16(12-5-2-1-3-6-12)14-8-9-15-13(11-14)7-4-10-17-15/h1-2,4,7-12,16,18H,3,5-6H2. The molecule has 1 N–H and O–H groups in total. The fraction of sp³-hybridized carbons (Fsp3) is 0.312. The molecule has 3 rings (SSSR count). The molecular formula is C16H17NO. The van der Waals surface area contributed by atoms with E-state index >= 15 is 0 Å². The number of aliphatic hydroxyl groups is 1. The van der Waals surface area contributed by atoms with Gasteiger partial charge < -0.3 is 5.11 Å². The number of pyridine rings is 1. The predicted octanol–water partition coefficient (Wildman–Crippen LogP) is 3.62. The van der Waals surface area contributed by atoms with Crippen LogP contribution in [0.2, 0.25) is 0 Å². The van der Waals surface area contributed by atoms with E-state index < -0.39 is 0 Å². The van der Waals surface area contributed by atoms with Crippen molar-refractivity contribution < 1.29 is 5.11 Å². The lowest BCUT2D eigenvalue weighted by atomic mass is 9.86. The Morgan fingerprint density at radius 1 is 1.22 bits per heavy atom. The zero-order valence-corrected chi connectivity index (χ0v) is 10.3. The van der Waals surface area contributed by atoms with Gasteiger partial charge in [0.2, 0.25) is 0 Å². The van der Waals surface area contributed by atoms with Gasteiger partial charge >= 0.3 is 0 Å². The van der Waals surface area contributed by atoms with Crippen LogP contribution in [-0.2, 0) is 0 Å². The highest BCUT2D eigenvalue weighted by molar-refractivity contribution is 5.79. The van der Waals surface area contributed by atoms with Crippen LogP contribution in [0, 0.1) is 5.92 Å². The third-order valence-corrected chi connectivity index (χ3v) is 3.72. The first-order chi connectivity index (χ1) is 8.84. The van der Waals surface area contributed by atoms with Gasteiger partial charge in [0.1, 0.15) is 0 Å². The lowest BCUT2D eigenvalue weighted by molar-refractivity contribution is 0.103. The summed E-state index contributed by atoms with van der Waals surface area (Å²) in [5.41, 5.74) is 1.99. The number of benzene rings is 1. The highest BCUT2D eigenvalue weighted by Gasteiger charge is 2.21. The van der Waals surface area contributed by atoms with Crippen molar-refractivity contribution in [2.24, 2.45) is 5.92 Å². The van der Waals surface area contributed by atoms with Crippen LogP contribution in [0.25, 0.3) is 10.9 Å². The number of fused-ring (bicyclic) bond motifs is 1. The van der Waals surface area contributed by atoms with Crippen molar-refractivity contribution in [3.63, 3.8) is 0 Å². The highest BCUT2D eigenvalue weighted by Crippen LogP contribution is 2.32. The molecule has 92 valence electrons. The van der Waals surface area contributed by atoms with Crippen molar-refractivity contribution in [2.45, 2.75) is 25.4 Å². The molecule has 2 nitrogen and oxygen atoms in total. The van der Waals surface area contributed by atoms with Gasteiger partial charge in [0, 0.05) is 11.6 Å². The van der Waals surface area contributed by atoms with Gasteiger partial charge in [-0.15, -0.1) is 0 Å². The number of rotatable bonds is 2. The van der Waals surface area contributed by atoms with Crippen molar-refractivity contribution >= 4 is 10.9 Å². The first kappa shape index (κ1) is 11.4. The van der Waals surface area contributed by atoms with Crippen LogP contribution >= 0.6 is 0 Å². The first-order valence-corrected chi connectivity index (χ1v) is 6.52. The number of nitrogens with zero attached hydrogens (tertiary/aromatic N) is 1. The Labute approximate surface area is 107 Å². The number of hydrogen-bond donors (Lipinski definition) is 1. The zero-order valence-electron chi connectivity index (χ0n) is 10.3. The lowest BCUT2D eigenvalue weighted by Gasteiger charge is -2.24. The van der Waals surface area contributed by atoms with Crippen LogP contribution in [-0.4, -0.2) is 10.1 Å². The van der Waals surface area contributed by atoms with E-state index in [9.17, 15) is 5.11 Å². The van der Waals surface area contributed by atoms with Gasteiger partial charge in [0.05, 0.1) is 11.6 Å². The summed E-state index contributed by atoms with van der Waals surface area (Å²) in [5, 5.41) is 11.5. The second-order valence-electron chi connectivity index (χ2n) is 4.94. The maximum absolute atomic E-state index is 10.5. The average molecular weight is 239 g/mol. The summed E-state index contributed by atoms with van der Waals surface area (Å²) in [5.74, 6) is 0.351. The fourth-order valence-corrected chi connectivity index (χ4v) is 2.65. The molecule has 0 radical (unpaired) electrons. The Bertz CT molecular complexity index is 576. The third-order valence-electron chi connectivity index (χ3n) is 3.72. The minimum Gasteiger partial charge on any atom is -0.388 e. The average Bonchev–Trinajstić information content (AvgIpc) is 2.47.